The maximum absolute atomic E-state index is 13.6. The van der Waals surface area contributed by atoms with Crippen LogP contribution in [-0.4, -0.2) is 25.8 Å². The van der Waals surface area contributed by atoms with E-state index in [0.29, 0.717) is 5.16 Å². The molecule has 0 saturated heterocycles. The number of rotatable bonds is 3. The third kappa shape index (κ3) is 2.33. The van der Waals surface area contributed by atoms with Crippen LogP contribution in [0.15, 0.2) is 28.5 Å². The molecule has 0 aliphatic carbocycles. The quantitative estimate of drug-likeness (QED) is 0.924. The first-order valence-electron chi connectivity index (χ1n) is 4.73. The van der Waals surface area contributed by atoms with E-state index in [1.54, 1.807) is 7.05 Å². The van der Waals surface area contributed by atoms with Gasteiger partial charge in [0.15, 0.2) is 5.16 Å². The Bertz CT molecular complexity index is 592. The van der Waals surface area contributed by atoms with Crippen LogP contribution in [0.5, 0.6) is 0 Å². The number of carbonyl (C=O) groups is 1. The topological polar surface area (TPSA) is 68.0 Å². The fourth-order valence-corrected chi connectivity index (χ4v) is 2.02. The minimum Gasteiger partial charge on any atom is -0.478 e. The Kier molecular flexibility index (Phi) is 3.28. The van der Waals surface area contributed by atoms with E-state index in [-0.39, 0.29) is 4.90 Å². The third-order valence-electron chi connectivity index (χ3n) is 2.11. The summed E-state index contributed by atoms with van der Waals surface area (Å²) in [6.07, 6.45) is 1.25. The normalized spacial score (nSPS) is 10.6. The van der Waals surface area contributed by atoms with E-state index >= 15 is 0 Å². The molecular formula is C10H7F2N3O2S. The van der Waals surface area contributed by atoms with Crippen molar-refractivity contribution in [3.63, 3.8) is 0 Å². The number of aryl methyl sites for hydroxylation is 1. The summed E-state index contributed by atoms with van der Waals surface area (Å²) in [5, 5.41) is 12.7. The molecule has 0 fully saturated rings. The second-order valence-corrected chi connectivity index (χ2v) is 4.32. The Morgan fingerprint density at radius 2 is 2.00 bits per heavy atom. The number of aromatic nitrogens is 3. The highest BCUT2D eigenvalue weighted by Crippen LogP contribution is 2.31. The minimum atomic E-state index is -1.39. The Morgan fingerprint density at radius 3 is 2.44 bits per heavy atom. The van der Waals surface area contributed by atoms with Gasteiger partial charge in [-0.2, -0.15) is 5.10 Å². The van der Waals surface area contributed by atoms with Gasteiger partial charge in [0.2, 0.25) is 0 Å². The largest absolute Gasteiger partial charge is 0.478 e. The molecule has 0 saturated carbocycles. The van der Waals surface area contributed by atoms with Crippen LogP contribution in [-0.2, 0) is 7.05 Å². The molecule has 0 amide bonds. The van der Waals surface area contributed by atoms with Crippen LogP contribution >= 0.6 is 11.8 Å². The van der Waals surface area contributed by atoms with Crippen LogP contribution in [0.1, 0.15) is 10.4 Å². The zero-order valence-corrected chi connectivity index (χ0v) is 9.91. The molecule has 0 unspecified atom stereocenters. The number of benzene rings is 1. The summed E-state index contributed by atoms with van der Waals surface area (Å²) in [5.41, 5.74) is -0.438. The van der Waals surface area contributed by atoms with Crippen molar-refractivity contribution in [2.75, 3.05) is 0 Å². The molecule has 18 heavy (non-hydrogen) atoms. The van der Waals surface area contributed by atoms with E-state index < -0.39 is 23.2 Å². The lowest BCUT2D eigenvalue weighted by atomic mass is 10.2. The SMILES string of the molecule is Cn1ncnc1Sc1c(F)cc(C(=O)O)cc1F. The van der Waals surface area contributed by atoms with Crippen molar-refractivity contribution in [3.05, 3.63) is 35.7 Å². The third-order valence-corrected chi connectivity index (χ3v) is 3.25. The van der Waals surface area contributed by atoms with Gasteiger partial charge in [-0.25, -0.2) is 23.2 Å². The van der Waals surface area contributed by atoms with E-state index in [4.69, 9.17) is 5.11 Å². The van der Waals surface area contributed by atoms with Gasteiger partial charge in [-0.1, -0.05) is 0 Å². The van der Waals surface area contributed by atoms with Crippen molar-refractivity contribution in [1.82, 2.24) is 14.8 Å². The van der Waals surface area contributed by atoms with Crippen molar-refractivity contribution in [2.24, 2.45) is 7.05 Å². The molecule has 0 bridgehead atoms. The van der Waals surface area contributed by atoms with Crippen molar-refractivity contribution in [2.45, 2.75) is 10.1 Å². The second-order valence-electron chi connectivity index (χ2n) is 3.34. The summed E-state index contributed by atoms with van der Waals surface area (Å²) in [7, 11) is 1.58. The molecule has 2 rings (SSSR count). The van der Waals surface area contributed by atoms with Gasteiger partial charge < -0.3 is 5.11 Å². The standard InChI is InChI=1S/C10H7F2N3O2S/c1-15-10(13-4-14-15)18-8-6(11)2-5(9(16)17)3-7(8)12/h2-4H,1H3,(H,16,17). The van der Waals surface area contributed by atoms with E-state index in [1.165, 1.54) is 11.0 Å². The van der Waals surface area contributed by atoms with Crippen LogP contribution in [0.2, 0.25) is 0 Å². The Labute approximate surface area is 104 Å². The number of hydrogen-bond acceptors (Lipinski definition) is 4. The molecule has 1 heterocycles. The first kappa shape index (κ1) is 12.5. The fourth-order valence-electron chi connectivity index (χ4n) is 1.25. The maximum atomic E-state index is 13.6. The lowest BCUT2D eigenvalue weighted by Crippen LogP contribution is -2.01. The zero-order chi connectivity index (χ0) is 13.3. The predicted molar refractivity (Wildman–Crippen MR) is 58.4 cm³/mol. The highest BCUT2D eigenvalue weighted by atomic mass is 32.2. The van der Waals surface area contributed by atoms with E-state index in [0.717, 1.165) is 23.9 Å². The Balaban J connectivity index is 2.40. The molecule has 1 N–H and O–H groups in total. The molecule has 0 atom stereocenters. The molecular weight excluding hydrogens is 264 g/mol. The van der Waals surface area contributed by atoms with Gasteiger partial charge in [-0.15, -0.1) is 0 Å². The number of hydrogen-bond donors (Lipinski definition) is 1. The van der Waals surface area contributed by atoms with Gasteiger partial charge in [-0.3, -0.25) is 0 Å². The van der Waals surface area contributed by atoms with Gasteiger partial charge >= 0.3 is 5.97 Å². The fraction of sp³-hybridized carbons (Fsp3) is 0.100. The summed E-state index contributed by atoms with van der Waals surface area (Å²) in [6.45, 7) is 0. The first-order chi connectivity index (χ1) is 8.49. The summed E-state index contributed by atoms with van der Waals surface area (Å²) >= 11 is 0.741. The summed E-state index contributed by atoms with van der Waals surface area (Å²) < 4.78 is 28.6. The first-order valence-corrected chi connectivity index (χ1v) is 5.55. The molecule has 1 aromatic heterocycles. The number of nitrogens with zero attached hydrogens (tertiary/aromatic N) is 3. The lowest BCUT2D eigenvalue weighted by molar-refractivity contribution is 0.0695. The van der Waals surface area contributed by atoms with E-state index in [1.807, 2.05) is 0 Å². The summed E-state index contributed by atoms with van der Waals surface area (Å²) in [5.74, 6) is -3.27. The minimum absolute atomic E-state index is 0.302. The summed E-state index contributed by atoms with van der Waals surface area (Å²) in [6, 6.07) is 1.54. The Morgan fingerprint density at radius 1 is 1.39 bits per heavy atom. The van der Waals surface area contributed by atoms with Crippen molar-refractivity contribution < 1.29 is 18.7 Å². The van der Waals surface area contributed by atoms with Crippen LogP contribution in [0.25, 0.3) is 0 Å². The average Bonchev–Trinajstić information content (AvgIpc) is 2.69. The zero-order valence-electron chi connectivity index (χ0n) is 9.09. The number of carboxylic acid groups (broad SMARTS) is 1. The van der Waals surface area contributed by atoms with E-state index in [2.05, 4.69) is 10.1 Å². The molecule has 8 heteroatoms. The molecule has 0 spiro atoms. The van der Waals surface area contributed by atoms with Crippen LogP contribution in [0.3, 0.4) is 0 Å². The molecule has 5 nitrogen and oxygen atoms in total. The van der Waals surface area contributed by atoms with Gasteiger partial charge in [0, 0.05) is 7.05 Å². The lowest BCUT2D eigenvalue weighted by Gasteiger charge is -2.05. The highest BCUT2D eigenvalue weighted by molar-refractivity contribution is 7.99. The smallest absolute Gasteiger partial charge is 0.335 e. The monoisotopic (exact) mass is 271 g/mol. The highest BCUT2D eigenvalue weighted by Gasteiger charge is 2.17. The van der Waals surface area contributed by atoms with Crippen molar-refractivity contribution >= 4 is 17.7 Å². The van der Waals surface area contributed by atoms with E-state index in [9.17, 15) is 13.6 Å². The number of carboxylic acids is 1. The maximum Gasteiger partial charge on any atom is 0.335 e. The van der Waals surface area contributed by atoms with Gasteiger partial charge in [0.1, 0.15) is 18.0 Å². The predicted octanol–water partition coefficient (Wildman–Crippen LogP) is 1.94. The molecule has 0 aliphatic heterocycles. The molecule has 0 aliphatic rings. The van der Waals surface area contributed by atoms with Crippen LogP contribution < -0.4 is 0 Å². The number of aromatic carboxylic acids is 1. The molecule has 1 aromatic carbocycles. The van der Waals surface area contributed by atoms with Crippen LogP contribution in [0, 0.1) is 11.6 Å². The van der Waals surface area contributed by atoms with Gasteiger partial charge in [0.05, 0.1) is 10.5 Å². The molecule has 94 valence electrons. The van der Waals surface area contributed by atoms with Crippen molar-refractivity contribution in [1.29, 1.82) is 0 Å². The van der Waals surface area contributed by atoms with Gasteiger partial charge in [-0.05, 0) is 23.9 Å². The summed E-state index contributed by atoms with van der Waals surface area (Å²) in [4.78, 5) is 14.1. The average molecular weight is 271 g/mol. The number of halogens is 2. The van der Waals surface area contributed by atoms with Crippen LogP contribution in [0.4, 0.5) is 8.78 Å². The second kappa shape index (κ2) is 4.73. The molecule has 2 aromatic rings. The Hall–Kier alpha value is -1.96. The van der Waals surface area contributed by atoms with Gasteiger partial charge in [0.25, 0.3) is 0 Å². The van der Waals surface area contributed by atoms with Crippen molar-refractivity contribution in [3.8, 4) is 0 Å². The molecule has 0 radical (unpaired) electrons.